The van der Waals surface area contributed by atoms with Crippen LogP contribution in [0.4, 0.5) is 10.5 Å². The van der Waals surface area contributed by atoms with Gasteiger partial charge in [-0.2, -0.15) is 5.26 Å². The molecule has 0 radical (unpaired) electrons. The Bertz CT molecular complexity index is 1070. The molecule has 2 amide bonds. The molecule has 0 heterocycles. The van der Waals surface area contributed by atoms with Crippen LogP contribution < -0.4 is 16.0 Å². The van der Waals surface area contributed by atoms with E-state index < -0.39 is 0 Å². The van der Waals surface area contributed by atoms with Crippen LogP contribution in [0.15, 0.2) is 78.9 Å². The van der Waals surface area contributed by atoms with Crippen LogP contribution in [0.2, 0.25) is 0 Å². The van der Waals surface area contributed by atoms with Crippen LogP contribution in [0.1, 0.15) is 36.3 Å². The fourth-order valence-corrected chi connectivity index (χ4v) is 3.76. The first-order valence-corrected chi connectivity index (χ1v) is 11.1. The average molecular weight is 425 g/mol. The molecule has 0 bridgehead atoms. The van der Waals surface area contributed by atoms with E-state index in [9.17, 15) is 4.79 Å². The van der Waals surface area contributed by atoms with E-state index in [0.29, 0.717) is 18.2 Å². The highest BCUT2D eigenvalue weighted by Crippen LogP contribution is 2.26. The maximum atomic E-state index is 12.4. The SMILES string of the molecule is N#Cc1cccc(-c2ccc(C(CCNC3CC3)CNC(=O)Nc3ccccc3)cc2)c1. The maximum absolute atomic E-state index is 12.4. The molecule has 5 heteroatoms. The number of benzene rings is 3. The van der Waals surface area contributed by atoms with E-state index in [4.69, 9.17) is 5.26 Å². The quantitative estimate of drug-likeness (QED) is 0.438. The molecular formula is C27H28N4O. The van der Waals surface area contributed by atoms with E-state index in [2.05, 4.69) is 46.3 Å². The zero-order chi connectivity index (χ0) is 22.2. The Balaban J connectivity index is 1.41. The molecule has 1 fully saturated rings. The van der Waals surface area contributed by atoms with Crippen molar-refractivity contribution in [2.24, 2.45) is 0 Å². The highest BCUT2D eigenvalue weighted by Gasteiger charge is 2.21. The second-order valence-electron chi connectivity index (χ2n) is 8.23. The predicted octanol–water partition coefficient (Wildman–Crippen LogP) is 5.27. The third-order valence-corrected chi connectivity index (χ3v) is 5.75. The minimum absolute atomic E-state index is 0.193. The lowest BCUT2D eigenvalue weighted by Gasteiger charge is -2.19. The summed E-state index contributed by atoms with van der Waals surface area (Å²) in [5.74, 6) is 0.210. The lowest BCUT2D eigenvalue weighted by Crippen LogP contribution is -2.33. The molecule has 0 aromatic heterocycles. The number of hydrogen-bond acceptors (Lipinski definition) is 3. The van der Waals surface area contributed by atoms with Gasteiger partial charge in [-0.25, -0.2) is 4.79 Å². The van der Waals surface area contributed by atoms with E-state index in [1.807, 2.05) is 54.6 Å². The summed E-state index contributed by atoms with van der Waals surface area (Å²) in [5.41, 5.74) is 4.74. The number of carbonyl (C=O) groups is 1. The first-order chi connectivity index (χ1) is 15.7. The minimum atomic E-state index is -0.193. The van der Waals surface area contributed by atoms with Gasteiger partial charge in [0.25, 0.3) is 0 Å². The van der Waals surface area contributed by atoms with Gasteiger partial charge in [-0.15, -0.1) is 0 Å². The van der Waals surface area contributed by atoms with Crippen molar-refractivity contribution < 1.29 is 4.79 Å². The van der Waals surface area contributed by atoms with Crippen LogP contribution >= 0.6 is 0 Å². The van der Waals surface area contributed by atoms with Crippen LogP contribution in [-0.4, -0.2) is 25.2 Å². The monoisotopic (exact) mass is 424 g/mol. The molecule has 1 aliphatic carbocycles. The summed E-state index contributed by atoms with van der Waals surface area (Å²) in [7, 11) is 0. The van der Waals surface area contributed by atoms with Crippen molar-refractivity contribution in [2.75, 3.05) is 18.4 Å². The highest BCUT2D eigenvalue weighted by atomic mass is 16.2. The van der Waals surface area contributed by atoms with Gasteiger partial charge in [-0.05, 0) is 66.8 Å². The Labute approximate surface area is 189 Å². The summed E-state index contributed by atoms with van der Waals surface area (Å²) in [5, 5.41) is 18.6. The van der Waals surface area contributed by atoms with Gasteiger partial charge in [0.2, 0.25) is 0 Å². The molecule has 5 nitrogen and oxygen atoms in total. The zero-order valence-corrected chi connectivity index (χ0v) is 18.1. The summed E-state index contributed by atoms with van der Waals surface area (Å²) in [6, 6.07) is 28.2. The molecule has 1 atom stereocenters. The van der Waals surface area contributed by atoms with Crippen LogP contribution in [-0.2, 0) is 0 Å². The number of urea groups is 1. The molecule has 4 rings (SSSR count). The number of amides is 2. The highest BCUT2D eigenvalue weighted by molar-refractivity contribution is 5.89. The van der Waals surface area contributed by atoms with Gasteiger partial charge in [-0.3, -0.25) is 0 Å². The number of rotatable bonds is 9. The molecule has 32 heavy (non-hydrogen) atoms. The van der Waals surface area contributed by atoms with Crippen molar-refractivity contribution in [3.05, 3.63) is 90.0 Å². The van der Waals surface area contributed by atoms with Crippen molar-refractivity contribution in [3.63, 3.8) is 0 Å². The van der Waals surface area contributed by atoms with Crippen molar-refractivity contribution in [1.29, 1.82) is 5.26 Å². The third-order valence-electron chi connectivity index (χ3n) is 5.75. The van der Waals surface area contributed by atoms with Crippen LogP contribution in [0.3, 0.4) is 0 Å². The van der Waals surface area contributed by atoms with Gasteiger partial charge in [0, 0.05) is 24.2 Å². The van der Waals surface area contributed by atoms with Gasteiger partial charge in [0.1, 0.15) is 0 Å². The molecule has 3 aromatic rings. The van der Waals surface area contributed by atoms with Crippen LogP contribution in [0.25, 0.3) is 11.1 Å². The maximum Gasteiger partial charge on any atom is 0.319 e. The minimum Gasteiger partial charge on any atom is -0.337 e. The van der Waals surface area contributed by atoms with E-state index in [1.165, 1.54) is 18.4 Å². The van der Waals surface area contributed by atoms with E-state index in [1.54, 1.807) is 0 Å². The van der Waals surface area contributed by atoms with Gasteiger partial charge in [0.15, 0.2) is 0 Å². The van der Waals surface area contributed by atoms with Gasteiger partial charge < -0.3 is 16.0 Å². The summed E-state index contributed by atoms with van der Waals surface area (Å²) >= 11 is 0. The summed E-state index contributed by atoms with van der Waals surface area (Å²) in [4.78, 5) is 12.4. The molecule has 1 unspecified atom stereocenters. The van der Waals surface area contributed by atoms with E-state index in [0.717, 1.165) is 29.8 Å². The van der Waals surface area contributed by atoms with Crippen molar-refractivity contribution in [3.8, 4) is 17.2 Å². The number of para-hydroxylation sites is 1. The molecule has 3 N–H and O–H groups in total. The van der Waals surface area contributed by atoms with Crippen molar-refractivity contribution in [2.45, 2.75) is 31.2 Å². The number of nitriles is 1. The van der Waals surface area contributed by atoms with E-state index in [-0.39, 0.29) is 11.9 Å². The Morgan fingerprint density at radius 3 is 2.47 bits per heavy atom. The number of nitrogens with zero attached hydrogens (tertiary/aromatic N) is 1. The largest absolute Gasteiger partial charge is 0.337 e. The molecule has 162 valence electrons. The molecule has 0 spiro atoms. The fraction of sp³-hybridized carbons (Fsp3) is 0.259. The lowest BCUT2D eigenvalue weighted by molar-refractivity contribution is 0.251. The van der Waals surface area contributed by atoms with Crippen LogP contribution in [0, 0.1) is 11.3 Å². The molecule has 0 saturated heterocycles. The van der Waals surface area contributed by atoms with Crippen molar-refractivity contribution in [1.82, 2.24) is 10.6 Å². The van der Waals surface area contributed by atoms with Gasteiger partial charge in [-0.1, -0.05) is 54.6 Å². The summed E-state index contributed by atoms with van der Waals surface area (Å²) < 4.78 is 0. The molecule has 0 aliphatic heterocycles. The summed E-state index contributed by atoms with van der Waals surface area (Å²) in [6.45, 7) is 1.50. The second kappa shape index (κ2) is 10.6. The van der Waals surface area contributed by atoms with Gasteiger partial charge >= 0.3 is 6.03 Å². The Morgan fingerprint density at radius 1 is 0.969 bits per heavy atom. The molecule has 3 aromatic carbocycles. The Hall–Kier alpha value is -3.62. The fourth-order valence-electron chi connectivity index (χ4n) is 3.76. The second-order valence-corrected chi connectivity index (χ2v) is 8.23. The average Bonchev–Trinajstić information content (AvgIpc) is 3.66. The predicted molar refractivity (Wildman–Crippen MR) is 128 cm³/mol. The third kappa shape index (κ3) is 6.19. The van der Waals surface area contributed by atoms with E-state index >= 15 is 0 Å². The first kappa shape index (κ1) is 21.6. The van der Waals surface area contributed by atoms with Crippen molar-refractivity contribution >= 4 is 11.7 Å². The lowest BCUT2D eigenvalue weighted by atomic mass is 9.93. The van der Waals surface area contributed by atoms with Gasteiger partial charge in [0.05, 0.1) is 11.6 Å². The molecule has 1 aliphatic rings. The summed E-state index contributed by atoms with van der Waals surface area (Å²) in [6.07, 6.45) is 3.48. The van der Waals surface area contributed by atoms with Crippen LogP contribution in [0.5, 0.6) is 0 Å². The molecular weight excluding hydrogens is 396 g/mol. The Kier molecular flexibility index (Phi) is 7.16. The smallest absolute Gasteiger partial charge is 0.319 e. The number of nitrogens with one attached hydrogen (secondary N) is 3. The zero-order valence-electron chi connectivity index (χ0n) is 18.1. The Morgan fingerprint density at radius 2 is 1.75 bits per heavy atom. The number of carbonyl (C=O) groups excluding carboxylic acids is 1. The standard InChI is InChI=1S/C27H28N4O/c28-18-20-5-4-6-23(17-20)21-9-11-22(12-10-21)24(15-16-29-25-13-14-25)19-30-27(32)31-26-7-2-1-3-8-26/h1-12,17,24-25,29H,13-16,19H2,(H2,30,31,32). The number of hydrogen-bond donors (Lipinski definition) is 3. The normalized spacial score (nSPS) is 13.7. The first-order valence-electron chi connectivity index (χ1n) is 11.1. The topological polar surface area (TPSA) is 77.0 Å². The molecule has 1 saturated carbocycles. The number of anilines is 1.